The highest BCUT2D eigenvalue weighted by Gasteiger charge is 2.25. The highest BCUT2D eigenvalue weighted by Crippen LogP contribution is 2.24. The number of Topliss-reactive ketones (excluding diaryl/α,β-unsaturated/α-hetero) is 1. The third-order valence-corrected chi connectivity index (χ3v) is 4.68. The van der Waals surface area contributed by atoms with E-state index in [2.05, 4.69) is 41.5 Å². The van der Waals surface area contributed by atoms with Gasteiger partial charge in [0, 0.05) is 5.56 Å². The molecule has 0 aliphatic heterocycles. The molecule has 4 heteroatoms. The summed E-state index contributed by atoms with van der Waals surface area (Å²) in [7, 11) is 0. The van der Waals surface area contributed by atoms with Gasteiger partial charge in [0.05, 0.1) is 22.7 Å². The van der Waals surface area contributed by atoms with E-state index in [1.165, 1.54) is 0 Å². The van der Waals surface area contributed by atoms with Crippen LogP contribution in [-0.2, 0) is 14.6 Å². The topological polar surface area (TPSA) is 52.6 Å². The minimum Gasteiger partial charge on any atom is -0.293 e. The van der Waals surface area contributed by atoms with Crippen molar-refractivity contribution in [2.45, 2.75) is 78.4 Å². The summed E-state index contributed by atoms with van der Waals surface area (Å²) in [6.07, 6.45) is 11.1. The van der Waals surface area contributed by atoms with Crippen LogP contribution in [0.4, 0.5) is 0 Å². The molecule has 0 saturated heterocycles. The lowest BCUT2D eigenvalue weighted by Gasteiger charge is -2.30. The van der Waals surface area contributed by atoms with Gasteiger partial charge < -0.3 is 0 Å². The number of rotatable bonds is 9. The van der Waals surface area contributed by atoms with Crippen molar-refractivity contribution in [3.63, 3.8) is 0 Å². The van der Waals surface area contributed by atoms with Gasteiger partial charge in [-0.3, -0.25) is 4.79 Å². The molecule has 0 radical (unpaired) electrons. The molecule has 0 spiro atoms. The van der Waals surface area contributed by atoms with Gasteiger partial charge in [0.1, 0.15) is 5.94 Å². The Hall–Kier alpha value is -2.26. The van der Waals surface area contributed by atoms with Gasteiger partial charge in [-0.2, -0.15) is 0 Å². The van der Waals surface area contributed by atoms with Gasteiger partial charge in [-0.25, -0.2) is 14.6 Å². The molecule has 1 aromatic carbocycles. The van der Waals surface area contributed by atoms with Crippen LogP contribution in [0, 0.1) is 5.92 Å². The Labute approximate surface area is 181 Å². The van der Waals surface area contributed by atoms with E-state index in [1.807, 2.05) is 12.0 Å². The maximum atomic E-state index is 12.1. The molecule has 1 aliphatic carbocycles. The van der Waals surface area contributed by atoms with Crippen molar-refractivity contribution in [2.75, 3.05) is 0 Å². The minimum atomic E-state index is -0.495. The number of ketones is 1. The summed E-state index contributed by atoms with van der Waals surface area (Å²) < 4.78 is 0. The number of allylic oxidation sites excluding steroid dienone is 5. The predicted octanol–water partition coefficient (Wildman–Crippen LogP) is 6.46. The van der Waals surface area contributed by atoms with Gasteiger partial charge in [0.25, 0.3) is 0 Å². The number of hydrogen-bond donors (Lipinski definition) is 0. The van der Waals surface area contributed by atoms with E-state index in [9.17, 15) is 9.59 Å². The second-order valence-corrected chi connectivity index (χ2v) is 8.70. The van der Waals surface area contributed by atoms with E-state index >= 15 is 0 Å². The van der Waals surface area contributed by atoms with Crippen molar-refractivity contribution >= 4 is 11.7 Å². The van der Waals surface area contributed by atoms with Crippen molar-refractivity contribution < 1.29 is 19.4 Å². The molecule has 0 fully saturated rings. The second kappa shape index (κ2) is 12.4. The Bertz CT molecular complexity index is 747. The fourth-order valence-corrected chi connectivity index (χ4v) is 3.16. The highest BCUT2D eigenvalue weighted by molar-refractivity contribution is 6.02. The molecule has 0 heterocycles. The summed E-state index contributed by atoms with van der Waals surface area (Å²) in [6, 6.07) is 8.96. The smallest absolute Gasteiger partial charge is 0.174 e. The van der Waals surface area contributed by atoms with Gasteiger partial charge in [0.15, 0.2) is 5.78 Å². The van der Waals surface area contributed by atoms with Crippen LogP contribution < -0.4 is 0 Å². The Morgan fingerprint density at radius 3 is 1.93 bits per heavy atom. The molecule has 164 valence electrons. The number of benzene rings is 1. The highest BCUT2D eigenvalue weighted by atomic mass is 17.2. The molecule has 1 aromatic rings. The largest absolute Gasteiger partial charge is 0.293 e. The third kappa shape index (κ3) is 9.04. The SMILES string of the molecule is CCCC(C)(C)OOC(C)(C)CCC.O=C=C1C=CC=CC1C(=O)c1ccccc1. The van der Waals surface area contributed by atoms with Crippen molar-refractivity contribution in [1.82, 2.24) is 0 Å². The molecule has 0 aromatic heterocycles. The summed E-state index contributed by atoms with van der Waals surface area (Å²) in [4.78, 5) is 33.8. The summed E-state index contributed by atoms with van der Waals surface area (Å²) in [5.41, 5.74) is 0.663. The Balaban J connectivity index is 0.000000304. The molecule has 1 aliphatic rings. The van der Waals surface area contributed by atoms with Crippen LogP contribution in [0.5, 0.6) is 0 Å². The average Bonchev–Trinajstić information content (AvgIpc) is 2.73. The van der Waals surface area contributed by atoms with Crippen LogP contribution in [0.3, 0.4) is 0 Å². The molecule has 0 bridgehead atoms. The first-order valence-electron chi connectivity index (χ1n) is 10.7. The molecule has 0 N–H and O–H groups in total. The summed E-state index contributed by atoms with van der Waals surface area (Å²) in [6.45, 7) is 12.6. The summed E-state index contributed by atoms with van der Waals surface area (Å²) in [5, 5.41) is 0. The number of carbonyl (C=O) groups is 1. The number of hydrogen-bond acceptors (Lipinski definition) is 4. The van der Waals surface area contributed by atoms with E-state index in [4.69, 9.17) is 9.78 Å². The normalized spacial score (nSPS) is 15.9. The van der Waals surface area contributed by atoms with Gasteiger partial charge >= 0.3 is 0 Å². The lowest BCUT2D eigenvalue weighted by molar-refractivity contribution is -0.402. The minimum absolute atomic E-state index is 0.0699. The molecule has 0 saturated carbocycles. The van der Waals surface area contributed by atoms with Crippen LogP contribution >= 0.6 is 0 Å². The van der Waals surface area contributed by atoms with E-state index in [0.717, 1.165) is 25.7 Å². The molecule has 30 heavy (non-hydrogen) atoms. The zero-order valence-corrected chi connectivity index (χ0v) is 19.2. The van der Waals surface area contributed by atoms with Gasteiger partial charge in [0.2, 0.25) is 0 Å². The van der Waals surface area contributed by atoms with Gasteiger partial charge in [-0.05, 0) is 46.6 Å². The van der Waals surface area contributed by atoms with Crippen LogP contribution in [-0.4, -0.2) is 22.9 Å². The predicted molar refractivity (Wildman–Crippen MR) is 122 cm³/mol. The van der Waals surface area contributed by atoms with Crippen molar-refractivity contribution in [3.8, 4) is 0 Å². The quantitative estimate of drug-likeness (QED) is 0.202. The first-order valence-corrected chi connectivity index (χ1v) is 10.7. The summed E-state index contributed by atoms with van der Waals surface area (Å²) in [5.74, 6) is 1.25. The molecule has 4 nitrogen and oxygen atoms in total. The molecular formula is C26H36O4. The van der Waals surface area contributed by atoms with Crippen LogP contribution in [0.1, 0.15) is 77.6 Å². The van der Waals surface area contributed by atoms with Gasteiger partial charge in [-0.1, -0.05) is 75.2 Å². The van der Waals surface area contributed by atoms with E-state index in [0.29, 0.717) is 11.1 Å². The molecule has 2 rings (SSSR count). The maximum absolute atomic E-state index is 12.1. The first-order chi connectivity index (χ1) is 14.2. The van der Waals surface area contributed by atoms with E-state index < -0.39 is 5.92 Å². The van der Waals surface area contributed by atoms with Crippen LogP contribution in [0.2, 0.25) is 0 Å². The maximum Gasteiger partial charge on any atom is 0.174 e. The van der Waals surface area contributed by atoms with Crippen molar-refractivity contribution in [2.24, 2.45) is 5.92 Å². The van der Waals surface area contributed by atoms with E-state index in [1.54, 1.807) is 48.6 Å². The van der Waals surface area contributed by atoms with Crippen molar-refractivity contribution in [1.29, 1.82) is 0 Å². The zero-order chi connectivity index (χ0) is 22.6. The Kier molecular flexibility index (Phi) is 10.7. The lowest BCUT2D eigenvalue weighted by atomic mass is 9.88. The first kappa shape index (κ1) is 25.8. The molecule has 1 atom stereocenters. The average molecular weight is 413 g/mol. The Morgan fingerprint density at radius 1 is 0.933 bits per heavy atom. The summed E-state index contributed by atoms with van der Waals surface area (Å²) >= 11 is 0. The fourth-order valence-electron chi connectivity index (χ4n) is 3.16. The van der Waals surface area contributed by atoms with Crippen LogP contribution in [0.25, 0.3) is 0 Å². The second-order valence-electron chi connectivity index (χ2n) is 8.70. The fraction of sp³-hybridized carbons (Fsp3) is 0.500. The standard InChI is InChI=1S/C14H10O2.C12H26O2/c15-10-12-8-4-5-9-13(12)14(16)11-6-2-1-3-7-11;1-7-9-11(3,4)13-14-12(5,6)10-8-2/h1-9,13H;7-10H2,1-6H3. The number of carbonyl (C=O) groups excluding carboxylic acids is 2. The monoisotopic (exact) mass is 412 g/mol. The lowest BCUT2D eigenvalue weighted by Crippen LogP contribution is -2.32. The third-order valence-electron chi connectivity index (χ3n) is 4.68. The van der Waals surface area contributed by atoms with Crippen LogP contribution in [0.15, 0.2) is 60.2 Å². The Morgan fingerprint density at radius 2 is 1.47 bits per heavy atom. The zero-order valence-electron chi connectivity index (χ0n) is 19.2. The molecular weight excluding hydrogens is 376 g/mol. The van der Waals surface area contributed by atoms with Gasteiger partial charge in [-0.15, -0.1) is 0 Å². The van der Waals surface area contributed by atoms with Crippen molar-refractivity contribution in [3.05, 3.63) is 65.8 Å². The molecule has 0 amide bonds. The van der Waals surface area contributed by atoms with E-state index in [-0.39, 0.29) is 17.0 Å². The molecule has 1 unspecified atom stereocenters.